The van der Waals surface area contributed by atoms with E-state index in [1.165, 1.54) is 12.0 Å². The van der Waals surface area contributed by atoms with Crippen LogP contribution < -0.4 is 5.48 Å². The van der Waals surface area contributed by atoms with Crippen molar-refractivity contribution < 1.29 is 23.2 Å². The monoisotopic (exact) mass is 298 g/mol. The van der Waals surface area contributed by atoms with Crippen LogP contribution in [-0.4, -0.2) is 36.9 Å². The molecule has 5 nitrogen and oxygen atoms in total. The number of rotatable bonds is 3. The van der Waals surface area contributed by atoms with Crippen LogP contribution in [0.25, 0.3) is 0 Å². The molecule has 1 N–H and O–H groups in total. The topological polar surface area (TPSA) is 58.6 Å². The highest BCUT2D eigenvalue weighted by atomic mass is 19.1. The van der Waals surface area contributed by atoms with Crippen molar-refractivity contribution in [2.24, 2.45) is 5.92 Å². The van der Waals surface area contributed by atoms with Crippen molar-refractivity contribution in [2.45, 2.75) is 12.8 Å². The molecule has 1 heterocycles. The van der Waals surface area contributed by atoms with Gasteiger partial charge in [0.05, 0.1) is 12.7 Å². The molecule has 2 rings (SSSR count). The van der Waals surface area contributed by atoms with Crippen LogP contribution in [0, 0.1) is 17.6 Å². The third-order valence-corrected chi connectivity index (χ3v) is 3.52. The molecule has 1 aromatic carbocycles. The molecular weight excluding hydrogens is 282 g/mol. The lowest BCUT2D eigenvalue weighted by Gasteiger charge is -2.31. The molecule has 0 aliphatic carbocycles. The molecule has 2 amide bonds. The van der Waals surface area contributed by atoms with Gasteiger partial charge in [-0.1, -0.05) is 0 Å². The van der Waals surface area contributed by atoms with Gasteiger partial charge in [0.2, 0.25) is 5.91 Å². The van der Waals surface area contributed by atoms with Gasteiger partial charge in [-0.15, -0.1) is 0 Å². The first-order chi connectivity index (χ1) is 10.0. The fourth-order valence-electron chi connectivity index (χ4n) is 2.36. The molecule has 1 aliphatic heterocycles. The third-order valence-electron chi connectivity index (χ3n) is 3.52. The zero-order valence-electron chi connectivity index (χ0n) is 11.6. The largest absolute Gasteiger partial charge is 0.339 e. The Labute approximate surface area is 120 Å². The number of halogens is 2. The standard InChI is InChI=1S/C14H16F2N2O3/c1-21-17-13(19)9-4-6-18(7-5-9)14(20)11-3-2-10(15)8-12(11)16/h2-3,8-9H,4-7H2,1H3,(H,17,19). The molecule has 0 unspecified atom stereocenters. The average molecular weight is 298 g/mol. The van der Waals surface area contributed by atoms with Crippen LogP contribution in [0.1, 0.15) is 23.2 Å². The van der Waals surface area contributed by atoms with Crippen LogP contribution in [0.3, 0.4) is 0 Å². The van der Waals surface area contributed by atoms with Gasteiger partial charge >= 0.3 is 0 Å². The second kappa shape index (κ2) is 6.62. The summed E-state index contributed by atoms with van der Waals surface area (Å²) in [6.07, 6.45) is 0.952. The lowest BCUT2D eigenvalue weighted by molar-refractivity contribution is -0.136. The van der Waals surface area contributed by atoms with Gasteiger partial charge in [0.25, 0.3) is 5.91 Å². The molecule has 0 aromatic heterocycles. The van der Waals surface area contributed by atoms with Crippen LogP contribution >= 0.6 is 0 Å². The predicted octanol–water partition coefficient (Wildman–Crippen LogP) is 1.49. The fraction of sp³-hybridized carbons (Fsp3) is 0.429. The minimum atomic E-state index is -0.876. The molecule has 21 heavy (non-hydrogen) atoms. The van der Waals surface area contributed by atoms with E-state index < -0.39 is 17.5 Å². The van der Waals surface area contributed by atoms with Crippen LogP contribution in [0.15, 0.2) is 18.2 Å². The van der Waals surface area contributed by atoms with Crippen LogP contribution in [-0.2, 0) is 9.63 Å². The Kier molecular flexibility index (Phi) is 4.85. The summed E-state index contributed by atoms with van der Waals surface area (Å²) in [5.74, 6) is -2.54. The Hall–Kier alpha value is -2.02. The number of carbonyl (C=O) groups is 2. The van der Waals surface area contributed by atoms with Gasteiger partial charge in [0.15, 0.2) is 0 Å². The lowest BCUT2D eigenvalue weighted by Crippen LogP contribution is -2.43. The smallest absolute Gasteiger partial charge is 0.256 e. The first-order valence-corrected chi connectivity index (χ1v) is 6.60. The van der Waals surface area contributed by atoms with E-state index >= 15 is 0 Å². The fourth-order valence-corrected chi connectivity index (χ4v) is 2.36. The molecule has 0 saturated carbocycles. The normalized spacial score (nSPS) is 15.9. The van der Waals surface area contributed by atoms with E-state index in [0.717, 1.165) is 12.1 Å². The average Bonchev–Trinajstić information content (AvgIpc) is 2.47. The van der Waals surface area contributed by atoms with Crippen molar-refractivity contribution in [3.63, 3.8) is 0 Å². The number of benzene rings is 1. The number of nitrogens with zero attached hydrogens (tertiary/aromatic N) is 1. The second-order valence-corrected chi connectivity index (χ2v) is 4.86. The summed E-state index contributed by atoms with van der Waals surface area (Å²) >= 11 is 0. The molecular formula is C14H16F2N2O3. The van der Waals surface area contributed by atoms with Crippen LogP contribution in [0.5, 0.6) is 0 Å². The number of nitrogens with one attached hydrogen (secondary N) is 1. The van der Waals surface area contributed by atoms with Gasteiger partial charge in [0, 0.05) is 25.1 Å². The SMILES string of the molecule is CONC(=O)C1CCN(C(=O)c2ccc(F)cc2F)CC1. The Bertz CT molecular complexity index is 543. The number of carbonyl (C=O) groups excluding carboxylic acids is 2. The summed E-state index contributed by atoms with van der Waals surface area (Å²) in [5.41, 5.74) is 2.11. The van der Waals surface area contributed by atoms with Crippen molar-refractivity contribution in [1.29, 1.82) is 0 Å². The summed E-state index contributed by atoms with van der Waals surface area (Å²) < 4.78 is 26.4. The molecule has 1 fully saturated rings. The molecule has 1 saturated heterocycles. The van der Waals surface area contributed by atoms with Gasteiger partial charge in [-0.3, -0.25) is 14.4 Å². The number of hydroxylamine groups is 1. The van der Waals surface area contributed by atoms with E-state index in [4.69, 9.17) is 0 Å². The summed E-state index contributed by atoms with van der Waals surface area (Å²) in [4.78, 5) is 29.8. The molecule has 0 spiro atoms. The van der Waals surface area contributed by atoms with E-state index in [9.17, 15) is 18.4 Å². The van der Waals surface area contributed by atoms with Gasteiger partial charge in [-0.25, -0.2) is 14.3 Å². The molecule has 1 aromatic rings. The zero-order valence-corrected chi connectivity index (χ0v) is 11.6. The quantitative estimate of drug-likeness (QED) is 0.860. The Morgan fingerprint density at radius 3 is 2.52 bits per heavy atom. The van der Waals surface area contributed by atoms with Crippen molar-refractivity contribution >= 4 is 11.8 Å². The summed E-state index contributed by atoms with van der Waals surface area (Å²) in [6.45, 7) is 0.689. The molecule has 0 atom stereocenters. The maximum atomic E-state index is 13.6. The Morgan fingerprint density at radius 2 is 1.95 bits per heavy atom. The second-order valence-electron chi connectivity index (χ2n) is 4.86. The number of amides is 2. The van der Waals surface area contributed by atoms with Crippen molar-refractivity contribution in [3.05, 3.63) is 35.4 Å². The number of likely N-dealkylation sites (tertiary alicyclic amines) is 1. The Morgan fingerprint density at radius 1 is 1.29 bits per heavy atom. The highest BCUT2D eigenvalue weighted by Gasteiger charge is 2.28. The lowest BCUT2D eigenvalue weighted by atomic mass is 9.95. The van der Waals surface area contributed by atoms with E-state index in [2.05, 4.69) is 10.3 Å². The van der Waals surface area contributed by atoms with Crippen LogP contribution in [0.4, 0.5) is 8.78 Å². The van der Waals surface area contributed by atoms with Gasteiger partial charge in [0.1, 0.15) is 11.6 Å². The summed E-state index contributed by atoms with van der Waals surface area (Å²) in [6, 6.07) is 2.87. The van der Waals surface area contributed by atoms with Crippen molar-refractivity contribution in [3.8, 4) is 0 Å². The summed E-state index contributed by atoms with van der Waals surface area (Å²) in [5, 5.41) is 0. The maximum Gasteiger partial charge on any atom is 0.256 e. The van der Waals surface area contributed by atoms with Crippen molar-refractivity contribution in [1.82, 2.24) is 10.4 Å². The van der Waals surface area contributed by atoms with E-state index in [1.54, 1.807) is 0 Å². The van der Waals surface area contributed by atoms with Gasteiger partial charge in [-0.05, 0) is 25.0 Å². The van der Waals surface area contributed by atoms with E-state index in [-0.39, 0.29) is 17.4 Å². The van der Waals surface area contributed by atoms with Crippen LogP contribution in [0.2, 0.25) is 0 Å². The molecule has 0 radical (unpaired) electrons. The van der Waals surface area contributed by atoms with E-state index in [1.807, 2.05) is 0 Å². The molecule has 114 valence electrons. The van der Waals surface area contributed by atoms with Gasteiger partial charge in [-0.2, -0.15) is 0 Å². The third kappa shape index (κ3) is 3.55. The Balaban J connectivity index is 1.98. The van der Waals surface area contributed by atoms with Gasteiger partial charge < -0.3 is 4.90 Å². The minimum absolute atomic E-state index is 0.156. The minimum Gasteiger partial charge on any atom is -0.339 e. The highest BCUT2D eigenvalue weighted by molar-refractivity contribution is 5.94. The number of hydrogen-bond acceptors (Lipinski definition) is 3. The van der Waals surface area contributed by atoms with Crippen molar-refractivity contribution in [2.75, 3.05) is 20.2 Å². The summed E-state index contributed by atoms with van der Waals surface area (Å²) in [7, 11) is 1.36. The first kappa shape index (κ1) is 15.4. The molecule has 7 heteroatoms. The predicted molar refractivity (Wildman–Crippen MR) is 70.1 cm³/mol. The number of hydrogen-bond donors (Lipinski definition) is 1. The first-order valence-electron chi connectivity index (χ1n) is 6.60. The molecule has 0 bridgehead atoms. The zero-order chi connectivity index (χ0) is 15.4. The van der Waals surface area contributed by atoms with E-state index in [0.29, 0.717) is 32.0 Å². The highest BCUT2D eigenvalue weighted by Crippen LogP contribution is 2.20. The maximum absolute atomic E-state index is 13.6. The molecule has 1 aliphatic rings. The number of piperidine rings is 1.